The fourth-order valence-corrected chi connectivity index (χ4v) is 2.42. The van der Waals surface area contributed by atoms with E-state index >= 15 is 0 Å². The Kier molecular flexibility index (Phi) is 6.48. The minimum absolute atomic E-state index is 0.0876. The third kappa shape index (κ3) is 4.58. The van der Waals surface area contributed by atoms with Crippen LogP contribution in [0.1, 0.15) is 6.92 Å². The zero-order valence-electron chi connectivity index (χ0n) is 9.67. The molecule has 1 rings (SSSR count). The van der Waals surface area contributed by atoms with Gasteiger partial charge in [-0.15, -0.1) is 35.8 Å². The van der Waals surface area contributed by atoms with Gasteiger partial charge in [-0.25, -0.2) is 0 Å². The van der Waals surface area contributed by atoms with Gasteiger partial charge in [0.25, 0.3) is 5.91 Å². The number of halogens is 2. The van der Waals surface area contributed by atoms with Crippen LogP contribution in [-0.2, 0) is 4.79 Å². The number of amides is 1. The maximum atomic E-state index is 11.8. The number of hydrogen-bond donors (Lipinski definition) is 3. The van der Waals surface area contributed by atoms with Gasteiger partial charge < -0.3 is 10.6 Å². The number of allylic oxidation sites excluding steroid dienone is 1. The molecular weight excluding hydrogens is 281 g/mol. The van der Waals surface area contributed by atoms with Crippen LogP contribution in [0.15, 0.2) is 11.3 Å². The Balaban J connectivity index is 2.69. The number of hydrogen-bond acceptors (Lipinski definition) is 4. The van der Waals surface area contributed by atoms with Crippen molar-refractivity contribution < 1.29 is 4.79 Å². The Morgan fingerprint density at radius 3 is 2.35 bits per heavy atom. The molecule has 0 radical (unpaired) electrons. The van der Waals surface area contributed by atoms with Crippen LogP contribution in [0, 0.1) is 0 Å². The first-order valence-electron chi connectivity index (χ1n) is 5.38. The van der Waals surface area contributed by atoms with Crippen molar-refractivity contribution in [1.82, 2.24) is 15.5 Å². The van der Waals surface area contributed by atoms with Crippen LogP contribution in [0.2, 0.25) is 0 Å². The highest BCUT2D eigenvalue weighted by Crippen LogP contribution is 2.11. The minimum atomic E-state index is -0.319. The molecule has 0 spiro atoms. The van der Waals surface area contributed by atoms with Crippen molar-refractivity contribution in [2.75, 3.05) is 31.4 Å². The Morgan fingerprint density at radius 1 is 1.29 bits per heavy atom. The summed E-state index contributed by atoms with van der Waals surface area (Å²) in [5.41, 5.74) is 1.24. The number of thiol groups is 1. The predicted octanol–water partition coefficient (Wildman–Crippen LogP) is 0.973. The van der Waals surface area contributed by atoms with Crippen molar-refractivity contribution >= 4 is 41.7 Å². The third-order valence-corrected chi connectivity index (χ3v) is 3.13. The van der Waals surface area contributed by atoms with Crippen molar-refractivity contribution in [3.63, 3.8) is 0 Å². The van der Waals surface area contributed by atoms with E-state index < -0.39 is 0 Å². The summed E-state index contributed by atoms with van der Waals surface area (Å²) in [6.07, 6.45) is 0. The molecule has 1 unspecified atom stereocenters. The molecule has 98 valence electrons. The summed E-state index contributed by atoms with van der Waals surface area (Å²) in [7, 11) is 0. The lowest BCUT2D eigenvalue weighted by atomic mass is 10.1. The first kappa shape index (κ1) is 15.0. The number of carbonyl (C=O) groups is 1. The Labute approximate surface area is 117 Å². The van der Waals surface area contributed by atoms with Crippen LogP contribution in [0.4, 0.5) is 0 Å². The fourth-order valence-electron chi connectivity index (χ4n) is 1.63. The van der Waals surface area contributed by atoms with Crippen molar-refractivity contribution in [2.24, 2.45) is 0 Å². The smallest absolute Gasteiger partial charge is 0.252 e. The first-order valence-corrected chi connectivity index (χ1v) is 6.96. The van der Waals surface area contributed by atoms with E-state index in [9.17, 15) is 4.79 Å². The summed E-state index contributed by atoms with van der Waals surface area (Å²) in [4.78, 5) is 13.9. The zero-order valence-corrected chi connectivity index (χ0v) is 12.1. The van der Waals surface area contributed by atoms with E-state index in [-0.39, 0.29) is 11.4 Å². The molecule has 0 aromatic heterocycles. The van der Waals surface area contributed by atoms with E-state index in [1.807, 2.05) is 6.92 Å². The molecule has 7 heteroatoms. The largest absolute Gasteiger partial charge is 0.360 e. The molecule has 0 aromatic carbocycles. The van der Waals surface area contributed by atoms with Gasteiger partial charge in [-0.1, -0.05) is 0 Å². The van der Waals surface area contributed by atoms with Gasteiger partial charge in [0.2, 0.25) is 0 Å². The van der Waals surface area contributed by atoms with Crippen molar-refractivity contribution in [2.45, 2.75) is 12.4 Å². The van der Waals surface area contributed by atoms with Gasteiger partial charge in [0.05, 0.1) is 0 Å². The van der Waals surface area contributed by atoms with Crippen LogP contribution in [0.5, 0.6) is 0 Å². The molecule has 0 saturated carbocycles. The first-order chi connectivity index (χ1) is 8.08. The second kappa shape index (κ2) is 7.36. The summed E-state index contributed by atoms with van der Waals surface area (Å²) >= 11 is 15.6. The standard InChI is InChI=1S/C10H17Cl2N3OS/c1-7-8(9(16)14-10(17)13-7)6-15(4-2-11)5-3-12/h10,13,17H,2-6H2,1H3,(H,14,16). The molecular formula is C10H17Cl2N3OS. The summed E-state index contributed by atoms with van der Waals surface area (Å²) in [6, 6.07) is 0. The number of alkyl halides is 2. The molecule has 0 fully saturated rings. The van der Waals surface area contributed by atoms with Gasteiger partial charge in [0.15, 0.2) is 0 Å². The number of nitrogens with zero attached hydrogens (tertiary/aromatic N) is 1. The number of rotatable bonds is 6. The highest BCUT2D eigenvalue weighted by molar-refractivity contribution is 7.80. The van der Waals surface area contributed by atoms with Crippen molar-refractivity contribution in [3.8, 4) is 0 Å². The van der Waals surface area contributed by atoms with Gasteiger partial charge in [0, 0.05) is 42.7 Å². The summed E-state index contributed by atoms with van der Waals surface area (Å²) in [6.45, 7) is 3.84. The number of nitrogens with one attached hydrogen (secondary N) is 2. The van der Waals surface area contributed by atoms with Gasteiger partial charge >= 0.3 is 0 Å². The molecule has 17 heavy (non-hydrogen) atoms. The van der Waals surface area contributed by atoms with Crippen molar-refractivity contribution in [1.29, 1.82) is 0 Å². The van der Waals surface area contributed by atoms with Gasteiger partial charge in [0.1, 0.15) is 5.50 Å². The molecule has 1 amide bonds. The van der Waals surface area contributed by atoms with Crippen LogP contribution in [-0.4, -0.2) is 47.7 Å². The van der Waals surface area contributed by atoms with E-state index in [4.69, 9.17) is 23.2 Å². The zero-order chi connectivity index (χ0) is 12.8. The normalized spacial score (nSPS) is 20.5. The molecule has 4 nitrogen and oxygen atoms in total. The molecule has 0 bridgehead atoms. The fraction of sp³-hybridized carbons (Fsp3) is 0.700. The molecule has 1 aliphatic heterocycles. The number of carbonyl (C=O) groups excluding carboxylic acids is 1. The highest BCUT2D eigenvalue weighted by atomic mass is 35.5. The molecule has 0 aromatic rings. The summed E-state index contributed by atoms with van der Waals surface area (Å²) < 4.78 is 0. The molecule has 1 aliphatic rings. The van der Waals surface area contributed by atoms with E-state index in [1.165, 1.54) is 0 Å². The van der Waals surface area contributed by atoms with Gasteiger partial charge in [-0.3, -0.25) is 9.69 Å². The van der Waals surface area contributed by atoms with E-state index in [0.717, 1.165) is 5.70 Å². The highest BCUT2D eigenvalue weighted by Gasteiger charge is 2.23. The maximum absolute atomic E-state index is 11.8. The summed E-state index contributed by atoms with van der Waals surface area (Å²) in [5.74, 6) is 0.955. The molecule has 2 N–H and O–H groups in total. The van der Waals surface area contributed by atoms with E-state index in [2.05, 4.69) is 28.2 Å². The molecule has 1 heterocycles. The lowest BCUT2D eigenvalue weighted by Gasteiger charge is -2.28. The Morgan fingerprint density at radius 2 is 1.88 bits per heavy atom. The Bertz CT molecular complexity index is 306. The van der Waals surface area contributed by atoms with E-state index in [1.54, 1.807) is 0 Å². The third-order valence-electron chi connectivity index (χ3n) is 2.53. The average molecular weight is 298 g/mol. The Hall–Kier alpha value is -0.100. The summed E-state index contributed by atoms with van der Waals surface area (Å²) in [5, 5.41) is 5.78. The molecule has 0 aliphatic carbocycles. The lowest BCUT2D eigenvalue weighted by Crippen LogP contribution is -2.49. The SMILES string of the molecule is CC1=C(CN(CCCl)CCCl)C(=O)NC(S)N1. The minimum Gasteiger partial charge on any atom is -0.360 e. The monoisotopic (exact) mass is 297 g/mol. The van der Waals surface area contributed by atoms with Crippen LogP contribution >= 0.6 is 35.8 Å². The molecule has 0 saturated heterocycles. The lowest BCUT2D eigenvalue weighted by molar-refractivity contribution is -0.118. The predicted molar refractivity (Wildman–Crippen MR) is 74.6 cm³/mol. The second-order valence-electron chi connectivity index (χ2n) is 3.78. The average Bonchev–Trinajstić information content (AvgIpc) is 2.23. The quantitative estimate of drug-likeness (QED) is 0.506. The van der Waals surface area contributed by atoms with Gasteiger partial charge in [-0.05, 0) is 6.92 Å². The van der Waals surface area contributed by atoms with Crippen LogP contribution in [0.25, 0.3) is 0 Å². The van der Waals surface area contributed by atoms with Crippen LogP contribution < -0.4 is 10.6 Å². The van der Waals surface area contributed by atoms with Crippen molar-refractivity contribution in [3.05, 3.63) is 11.3 Å². The molecule has 1 atom stereocenters. The van der Waals surface area contributed by atoms with E-state index in [0.29, 0.717) is 37.0 Å². The van der Waals surface area contributed by atoms with Crippen LogP contribution in [0.3, 0.4) is 0 Å². The topological polar surface area (TPSA) is 44.4 Å². The van der Waals surface area contributed by atoms with Gasteiger partial charge in [-0.2, -0.15) is 0 Å². The second-order valence-corrected chi connectivity index (χ2v) is 5.05. The maximum Gasteiger partial charge on any atom is 0.252 e.